The zero-order chi connectivity index (χ0) is 19.1. The number of rotatable bonds is 7. The van der Waals surface area contributed by atoms with Gasteiger partial charge in [-0.3, -0.25) is 19.7 Å². The van der Waals surface area contributed by atoms with Crippen molar-refractivity contribution in [2.24, 2.45) is 0 Å². The highest BCUT2D eigenvalue weighted by atomic mass is 35.5. The molecule has 0 heterocycles. The van der Waals surface area contributed by atoms with Gasteiger partial charge in [0.1, 0.15) is 0 Å². The molecular weight excluding hydrogens is 360 g/mol. The number of non-ortho nitro benzene ring substituents is 1. The first-order valence-corrected chi connectivity index (χ1v) is 8.25. The van der Waals surface area contributed by atoms with Gasteiger partial charge in [0.2, 0.25) is 0 Å². The molecule has 2 aromatic carbocycles. The molecule has 1 amide bonds. The van der Waals surface area contributed by atoms with E-state index in [9.17, 15) is 19.7 Å². The fourth-order valence-corrected chi connectivity index (χ4v) is 2.56. The summed E-state index contributed by atoms with van der Waals surface area (Å²) in [6.07, 6.45) is -0.151. The molecule has 8 heteroatoms. The molecule has 0 aliphatic carbocycles. The normalized spacial score (nSPS) is 11.5. The molecule has 0 aliphatic heterocycles. The molecule has 0 unspecified atom stereocenters. The van der Waals surface area contributed by atoms with Crippen LogP contribution < -0.4 is 5.32 Å². The van der Waals surface area contributed by atoms with Gasteiger partial charge < -0.3 is 10.1 Å². The van der Waals surface area contributed by atoms with Crippen LogP contribution in [0.25, 0.3) is 0 Å². The summed E-state index contributed by atoms with van der Waals surface area (Å²) in [6.45, 7) is 1.87. The van der Waals surface area contributed by atoms with Crippen molar-refractivity contribution in [1.29, 1.82) is 0 Å². The van der Waals surface area contributed by atoms with Crippen LogP contribution in [0.3, 0.4) is 0 Å². The van der Waals surface area contributed by atoms with Crippen LogP contribution >= 0.6 is 11.6 Å². The number of nitro groups is 1. The lowest BCUT2D eigenvalue weighted by Crippen LogP contribution is -2.30. The Hall–Kier alpha value is -2.93. The van der Waals surface area contributed by atoms with Crippen molar-refractivity contribution in [3.8, 4) is 0 Å². The van der Waals surface area contributed by atoms with Gasteiger partial charge in [0.25, 0.3) is 11.6 Å². The predicted octanol–water partition coefficient (Wildman–Crippen LogP) is 3.67. The van der Waals surface area contributed by atoms with Gasteiger partial charge in [-0.1, -0.05) is 29.8 Å². The Balaban J connectivity index is 2.28. The molecule has 26 heavy (non-hydrogen) atoms. The number of benzene rings is 2. The fourth-order valence-electron chi connectivity index (χ4n) is 2.37. The van der Waals surface area contributed by atoms with Crippen molar-refractivity contribution in [2.45, 2.75) is 19.4 Å². The quantitative estimate of drug-likeness (QED) is 0.451. The average Bonchev–Trinajstić information content (AvgIpc) is 2.61. The number of esters is 1. The maximum atomic E-state index is 12.5. The lowest BCUT2D eigenvalue weighted by Gasteiger charge is -2.18. The van der Waals surface area contributed by atoms with Crippen LogP contribution in [0, 0.1) is 10.1 Å². The van der Waals surface area contributed by atoms with Crippen molar-refractivity contribution >= 4 is 29.2 Å². The van der Waals surface area contributed by atoms with Crippen LogP contribution in [0.5, 0.6) is 0 Å². The van der Waals surface area contributed by atoms with Crippen molar-refractivity contribution in [1.82, 2.24) is 5.32 Å². The van der Waals surface area contributed by atoms with Crippen LogP contribution in [0.1, 0.15) is 35.3 Å². The number of nitrogens with one attached hydrogen (secondary N) is 1. The zero-order valence-electron chi connectivity index (χ0n) is 14.0. The van der Waals surface area contributed by atoms with Gasteiger partial charge in [-0.05, 0) is 30.7 Å². The lowest BCUT2D eigenvalue weighted by atomic mass is 10.0. The molecule has 0 saturated carbocycles. The minimum Gasteiger partial charge on any atom is -0.466 e. The van der Waals surface area contributed by atoms with E-state index in [0.717, 1.165) is 0 Å². The Morgan fingerprint density at radius 2 is 1.96 bits per heavy atom. The molecule has 0 bridgehead atoms. The van der Waals surface area contributed by atoms with Gasteiger partial charge in [-0.15, -0.1) is 0 Å². The number of ether oxygens (including phenoxy) is 1. The van der Waals surface area contributed by atoms with E-state index in [-0.39, 0.29) is 18.7 Å². The Morgan fingerprint density at radius 1 is 1.23 bits per heavy atom. The van der Waals surface area contributed by atoms with E-state index in [1.807, 2.05) is 0 Å². The Kier molecular flexibility index (Phi) is 6.68. The summed E-state index contributed by atoms with van der Waals surface area (Å²) < 4.78 is 4.93. The number of hydrogen-bond acceptors (Lipinski definition) is 5. The zero-order valence-corrected chi connectivity index (χ0v) is 14.7. The monoisotopic (exact) mass is 376 g/mol. The van der Waals surface area contributed by atoms with Crippen molar-refractivity contribution < 1.29 is 19.2 Å². The van der Waals surface area contributed by atoms with E-state index in [0.29, 0.717) is 16.1 Å². The molecule has 136 valence electrons. The number of carbonyl (C=O) groups excluding carboxylic acids is 2. The SMILES string of the molecule is CCOC(=O)C[C@H](NC(=O)c1cccc(Cl)c1)c1cccc([N+](=O)[O-])c1. The summed E-state index contributed by atoms with van der Waals surface area (Å²) in [4.78, 5) is 34.8. The van der Waals surface area contributed by atoms with Gasteiger partial charge >= 0.3 is 5.97 Å². The fraction of sp³-hybridized carbons (Fsp3) is 0.222. The molecular formula is C18H17ClN2O5. The molecule has 0 aromatic heterocycles. The topological polar surface area (TPSA) is 98.5 Å². The first kappa shape index (κ1) is 19.4. The van der Waals surface area contributed by atoms with E-state index in [4.69, 9.17) is 16.3 Å². The van der Waals surface area contributed by atoms with Crippen LogP contribution in [-0.4, -0.2) is 23.4 Å². The maximum Gasteiger partial charge on any atom is 0.308 e. The second kappa shape index (κ2) is 8.96. The highest BCUT2D eigenvalue weighted by Gasteiger charge is 2.22. The lowest BCUT2D eigenvalue weighted by molar-refractivity contribution is -0.384. The molecule has 0 fully saturated rings. The van der Waals surface area contributed by atoms with Gasteiger partial charge in [0, 0.05) is 22.7 Å². The summed E-state index contributed by atoms with van der Waals surface area (Å²) >= 11 is 5.89. The minimum atomic E-state index is -0.777. The molecule has 0 aliphatic rings. The van der Waals surface area contributed by atoms with Gasteiger partial charge in [0.15, 0.2) is 0 Å². The standard InChI is InChI=1S/C18H17ClN2O5/c1-2-26-17(22)11-16(12-5-4-8-15(10-12)21(24)25)20-18(23)13-6-3-7-14(19)9-13/h3-10,16H,2,11H2,1H3,(H,20,23)/t16-/m0/s1. The highest BCUT2D eigenvalue weighted by Crippen LogP contribution is 2.23. The van der Waals surface area contributed by atoms with Crippen molar-refractivity contribution in [3.05, 3.63) is 74.8 Å². The second-order valence-corrected chi connectivity index (χ2v) is 5.83. The third-order valence-corrected chi connectivity index (χ3v) is 3.79. The highest BCUT2D eigenvalue weighted by molar-refractivity contribution is 6.30. The molecule has 7 nitrogen and oxygen atoms in total. The summed E-state index contributed by atoms with van der Waals surface area (Å²) in [5.41, 5.74) is 0.618. The van der Waals surface area contributed by atoms with E-state index in [2.05, 4.69) is 5.32 Å². The number of hydrogen-bond donors (Lipinski definition) is 1. The molecule has 1 atom stereocenters. The largest absolute Gasteiger partial charge is 0.466 e. The predicted molar refractivity (Wildman–Crippen MR) is 96.0 cm³/mol. The Labute approximate surface area is 155 Å². The van der Waals surface area contributed by atoms with Gasteiger partial charge in [-0.2, -0.15) is 0 Å². The minimum absolute atomic E-state index is 0.131. The number of carbonyl (C=O) groups is 2. The van der Waals surface area contributed by atoms with E-state index < -0.39 is 22.8 Å². The molecule has 0 radical (unpaired) electrons. The van der Waals surface area contributed by atoms with Crippen molar-refractivity contribution in [3.63, 3.8) is 0 Å². The molecule has 2 aromatic rings. The smallest absolute Gasteiger partial charge is 0.308 e. The summed E-state index contributed by atoms with van der Waals surface area (Å²) in [6, 6.07) is 11.3. The van der Waals surface area contributed by atoms with Crippen LogP contribution in [0.4, 0.5) is 5.69 Å². The molecule has 0 saturated heterocycles. The van der Waals surface area contributed by atoms with E-state index in [1.165, 1.54) is 24.3 Å². The Morgan fingerprint density at radius 3 is 2.62 bits per heavy atom. The third kappa shape index (κ3) is 5.29. The second-order valence-electron chi connectivity index (χ2n) is 5.40. The summed E-state index contributed by atoms with van der Waals surface area (Å²) in [5.74, 6) is -0.969. The molecule has 2 rings (SSSR count). The molecule has 1 N–H and O–H groups in total. The first-order chi connectivity index (χ1) is 12.4. The van der Waals surface area contributed by atoms with Crippen LogP contribution in [0.15, 0.2) is 48.5 Å². The first-order valence-electron chi connectivity index (χ1n) is 7.87. The van der Waals surface area contributed by atoms with Gasteiger partial charge in [0.05, 0.1) is 24.0 Å². The third-order valence-electron chi connectivity index (χ3n) is 3.55. The van der Waals surface area contributed by atoms with E-state index >= 15 is 0 Å². The van der Waals surface area contributed by atoms with Crippen molar-refractivity contribution in [2.75, 3.05) is 6.61 Å². The maximum absolute atomic E-state index is 12.5. The number of nitro benzene ring substituents is 1. The van der Waals surface area contributed by atoms with Gasteiger partial charge in [-0.25, -0.2) is 0 Å². The number of nitrogens with zero attached hydrogens (tertiary/aromatic N) is 1. The van der Waals surface area contributed by atoms with Crippen LogP contribution in [-0.2, 0) is 9.53 Å². The number of amides is 1. The van der Waals surface area contributed by atoms with Crippen LogP contribution in [0.2, 0.25) is 5.02 Å². The molecule has 0 spiro atoms. The number of halogens is 1. The summed E-state index contributed by atoms with van der Waals surface area (Å²) in [5, 5.41) is 14.1. The Bertz CT molecular complexity index is 825. The summed E-state index contributed by atoms with van der Waals surface area (Å²) in [7, 11) is 0. The van der Waals surface area contributed by atoms with E-state index in [1.54, 1.807) is 31.2 Å². The average molecular weight is 377 g/mol.